The Morgan fingerprint density at radius 1 is 1.35 bits per heavy atom. The van der Waals surface area contributed by atoms with Crippen LogP contribution in [0.2, 0.25) is 0 Å². The highest BCUT2D eigenvalue weighted by molar-refractivity contribution is 5.92. The van der Waals surface area contributed by atoms with E-state index < -0.39 is 23.9 Å². The van der Waals surface area contributed by atoms with Crippen LogP contribution in [0, 0.1) is 18.7 Å². The zero-order chi connectivity index (χ0) is 15.3. The molecular weight excluding hydrogens is 263 g/mol. The number of carboxylic acid groups (broad SMARTS) is 1. The molecule has 1 aromatic carbocycles. The van der Waals surface area contributed by atoms with Gasteiger partial charge in [0.25, 0.3) is 0 Å². The number of amides is 2. The van der Waals surface area contributed by atoms with Crippen molar-refractivity contribution in [3.05, 3.63) is 29.6 Å². The van der Waals surface area contributed by atoms with Crippen LogP contribution in [-0.4, -0.2) is 23.1 Å². The van der Waals surface area contributed by atoms with E-state index in [-0.39, 0.29) is 11.6 Å². The Kier molecular flexibility index (Phi) is 5.49. The molecule has 5 nitrogen and oxygen atoms in total. The summed E-state index contributed by atoms with van der Waals surface area (Å²) in [5.41, 5.74) is 0.620. The minimum atomic E-state index is -1.11. The number of hydrogen-bond donors (Lipinski definition) is 3. The molecule has 1 rings (SSSR count). The predicted molar refractivity (Wildman–Crippen MR) is 74.2 cm³/mol. The number of anilines is 1. The average molecular weight is 282 g/mol. The Morgan fingerprint density at radius 2 is 2.00 bits per heavy atom. The largest absolute Gasteiger partial charge is 0.480 e. The summed E-state index contributed by atoms with van der Waals surface area (Å²) in [4.78, 5) is 22.8. The van der Waals surface area contributed by atoms with Gasteiger partial charge in [-0.1, -0.05) is 26.0 Å². The summed E-state index contributed by atoms with van der Waals surface area (Å²) in [5.74, 6) is -1.55. The van der Waals surface area contributed by atoms with Gasteiger partial charge in [-0.3, -0.25) is 0 Å². The van der Waals surface area contributed by atoms with Crippen LogP contribution < -0.4 is 10.6 Å². The van der Waals surface area contributed by atoms with Gasteiger partial charge in [0.2, 0.25) is 0 Å². The lowest BCUT2D eigenvalue weighted by molar-refractivity contribution is -0.139. The first-order valence-electron chi connectivity index (χ1n) is 6.36. The Morgan fingerprint density at radius 3 is 2.50 bits per heavy atom. The third-order valence-corrected chi connectivity index (χ3v) is 2.77. The molecule has 1 atom stereocenters. The predicted octanol–water partition coefficient (Wildman–Crippen LogP) is 2.75. The molecule has 0 saturated carbocycles. The van der Waals surface area contributed by atoms with Crippen molar-refractivity contribution in [2.45, 2.75) is 33.2 Å². The van der Waals surface area contributed by atoms with Crippen molar-refractivity contribution in [2.75, 3.05) is 5.32 Å². The van der Waals surface area contributed by atoms with Gasteiger partial charge in [-0.15, -0.1) is 0 Å². The van der Waals surface area contributed by atoms with Gasteiger partial charge in [0.05, 0.1) is 5.69 Å². The van der Waals surface area contributed by atoms with Gasteiger partial charge >= 0.3 is 12.0 Å². The molecule has 0 aromatic heterocycles. The SMILES string of the molecule is Cc1cccc(F)c1NC(=O)N[C@@H](CC(C)C)C(=O)O. The molecule has 20 heavy (non-hydrogen) atoms. The normalized spacial score (nSPS) is 12.1. The Balaban J connectivity index is 2.73. The zero-order valence-electron chi connectivity index (χ0n) is 11.7. The van der Waals surface area contributed by atoms with Crippen LogP contribution in [0.4, 0.5) is 14.9 Å². The molecule has 0 bridgehead atoms. The van der Waals surface area contributed by atoms with E-state index in [4.69, 9.17) is 5.11 Å². The number of carbonyl (C=O) groups excluding carboxylic acids is 1. The zero-order valence-corrected chi connectivity index (χ0v) is 11.7. The average Bonchev–Trinajstić information content (AvgIpc) is 2.32. The summed E-state index contributed by atoms with van der Waals surface area (Å²) in [6, 6.07) is 2.69. The number of aliphatic carboxylic acids is 1. The van der Waals surface area contributed by atoms with Gasteiger partial charge in [-0.05, 0) is 30.9 Å². The van der Waals surface area contributed by atoms with E-state index in [0.29, 0.717) is 12.0 Å². The molecule has 0 heterocycles. The third-order valence-electron chi connectivity index (χ3n) is 2.77. The fourth-order valence-electron chi connectivity index (χ4n) is 1.79. The summed E-state index contributed by atoms with van der Waals surface area (Å²) in [5, 5.41) is 13.7. The second-order valence-corrected chi connectivity index (χ2v) is 5.05. The molecule has 0 fully saturated rings. The van der Waals surface area contributed by atoms with E-state index >= 15 is 0 Å². The van der Waals surface area contributed by atoms with Gasteiger partial charge < -0.3 is 15.7 Å². The monoisotopic (exact) mass is 282 g/mol. The van der Waals surface area contributed by atoms with Crippen molar-refractivity contribution in [3.63, 3.8) is 0 Å². The van der Waals surface area contributed by atoms with Crippen LogP contribution in [0.3, 0.4) is 0 Å². The molecule has 110 valence electrons. The van der Waals surface area contributed by atoms with Crippen LogP contribution in [0.15, 0.2) is 18.2 Å². The topological polar surface area (TPSA) is 78.4 Å². The maximum atomic E-state index is 13.6. The van der Waals surface area contributed by atoms with Crippen molar-refractivity contribution in [2.24, 2.45) is 5.92 Å². The van der Waals surface area contributed by atoms with Crippen LogP contribution in [-0.2, 0) is 4.79 Å². The molecular formula is C14H19FN2O3. The summed E-state index contributed by atoms with van der Waals surface area (Å²) in [6.45, 7) is 5.37. The third kappa shape index (κ3) is 4.53. The van der Waals surface area contributed by atoms with Crippen LogP contribution in [0.5, 0.6) is 0 Å². The van der Waals surface area contributed by atoms with Crippen molar-refractivity contribution in [1.82, 2.24) is 5.32 Å². The van der Waals surface area contributed by atoms with Crippen LogP contribution in [0.25, 0.3) is 0 Å². The van der Waals surface area contributed by atoms with Crippen LogP contribution >= 0.6 is 0 Å². The number of rotatable bonds is 5. The molecule has 1 aromatic rings. The van der Waals surface area contributed by atoms with E-state index in [0.717, 1.165) is 0 Å². The number of carboxylic acids is 1. The van der Waals surface area contributed by atoms with Crippen molar-refractivity contribution in [1.29, 1.82) is 0 Å². The second kappa shape index (κ2) is 6.88. The number of hydrogen-bond acceptors (Lipinski definition) is 2. The highest BCUT2D eigenvalue weighted by atomic mass is 19.1. The molecule has 0 saturated heterocycles. The Hall–Kier alpha value is -2.11. The van der Waals surface area contributed by atoms with Crippen molar-refractivity contribution in [3.8, 4) is 0 Å². The molecule has 0 spiro atoms. The first-order chi connectivity index (χ1) is 9.31. The minimum absolute atomic E-state index is 0.0543. The maximum Gasteiger partial charge on any atom is 0.326 e. The maximum absolute atomic E-state index is 13.6. The van der Waals surface area contributed by atoms with Gasteiger partial charge in [0.1, 0.15) is 11.9 Å². The molecule has 6 heteroatoms. The first-order valence-corrected chi connectivity index (χ1v) is 6.36. The van der Waals surface area contributed by atoms with Gasteiger partial charge in [0.15, 0.2) is 0 Å². The standard InChI is InChI=1S/C14H19FN2O3/c1-8(2)7-11(13(18)19)16-14(20)17-12-9(3)5-4-6-10(12)15/h4-6,8,11H,7H2,1-3H3,(H,18,19)(H2,16,17,20)/t11-/m0/s1. The quantitative estimate of drug-likeness (QED) is 0.777. The fraction of sp³-hybridized carbons (Fsp3) is 0.429. The minimum Gasteiger partial charge on any atom is -0.480 e. The van der Waals surface area contributed by atoms with E-state index in [2.05, 4.69) is 10.6 Å². The number of aryl methyl sites for hydroxylation is 1. The molecule has 0 aliphatic rings. The number of halogens is 1. The molecule has 2 amide bonds. The number of urea groups is 1. The van der Waals surface area contributed by atoms with Gasteiger partial charge in [0, 0.05) is 0 Å². The van der Waals surface area contributed by atoms with Gasteiger partial charge in [-0.25, -0.2) is 14.0 Å². The number of benzene rings is 1. The first kappa shape index (κ1) is 15.9. The Labute approximate surface area is 117 Å². The van der Waals surface area contributed by atoms with E-state index in [1.165, 1.54) is 12.1 Å². The molecule has 3 N–H and O–H groups in total. The Bertz CT molecular complexity index is 483. The molecule has 0 aliphatic heterocycles. The number of para-hydroxylation sites is 1. The second-order valence-electron chi connectivity index (χ2n) is 5.05. The summed E-state index contributed by atoms with van der Waals surface area (Å²) >= 11 is 0. The number of carbonyl (C=O) groups is 2. The highest BCUT2D eigenvalue weighted by Crippen LogP contribution is 2.18. The smallest absolute Gasteiger partial charge is 0.326 e. The van der Waals surface area contributed by atoms with Crippen molar-refractivity contribution < 1.29 is 19.1 Å². The lowest BCUT2D eigenvalue weighted by Gasteiger charge is -2.17. The fourth-order valence-corrected chi connectivity index (χ4v) is 1.79. The molecule has 0 radical (unpaired) electrons. The summed E-state index contributed by atoms with van der Waals surface area (Å²) < 4.78 is 13.6. The lowest BCUT2D eigenvalue weighted by Crippen LogP contribution is -2.43. The number of nitrogens with one attached hydrogen (secondary N) is 2. The molecule has 0 unspecified atom stereocenters. The van der Waals surface area contributed by atoms with Gasteiger partial charge in [-0.2, -0.15) is 0 Å². The summed E-state index contributed by atoms with van der Waals surface area (Å²) in [7, 11) is 0. The summed E-state index contributed by atoms with van der Waals surface area (Å²) in [6.07, 6.45) is 0.305. The van der Waals surface area contributed by atoms with Crippen LogP contribution in [0.1, 0.15) is 25.8 Å². The van der Waals surface area contributed by atoms with E-state index in [9.17, 15) is 14.0 Å². The van der Waals surface area contributed by atoms with Crippen molar-refractivity contribution >= 4 is 17.7 Å². The lowest BCUT2D eigenvalue weighted by atomic mass is 10.0. The highest BCUT2D eigenvalue weighted by Gasteiger charge is 2.21. The van der Waals surface area contributed by atoms with E-state index in [1.54, 1.807) is 13.0 Å². The van der Waals surface area contributed by atoms with E-state index in [1.807, 2.05) is 13.8 Å². The molecule has 0 aliphatic carbocycles.